The van der Waals surface area contributed by atoms with Crippen molar-refractivity contribution in [2.45, 2.75) is 38.5 Å². The molecular weight excluding hydrogens is 358 g/mol. The summed E-state index contributed by atoms with van der Waals surface area (Å²) in [5.74, 6) is 1.05. The maximum atomic E-state index is 12.4. The fourth-order valence-corrected chi connectivity index (χ4v) is 3.43. The van der Waals surface area contributed by atoms with Gasteiger partial charge >= 0.3 is 11.9 Å². The SMILES string of the molecule is COC1=CC=C(OC(=O)C2CCC(C(=O)Oc3ccc(C#N)cc3)CC2)CC1. The van der Waals surface area contributed by atoms with E-state index in [4.69, 9.17) is 19.5 Å². The fraction of sp³-hybridized carbons (Fsp3) is 0.409. The first-order valence-electron chi connectivity index (χ1n) is 9.46. The highest BCUT2D eigenvalue weighted by atomic mass is 16.5. The molecule has 0 unspecified atom stereocenters. The minimum absolute atomic E-state index is 0.187. The highest BCUT2D eigenvalue weighted by Gasteiger charge is 2.32. The van der Waals surface area contributed by atoms with Crippen molar-refractivity contribution in [3.8, 4) is 11.8 Å². The Kier molecular flexibility index (Phi) is 6.49. The zero-order valence-electron chi connectivity index (χ0n) is 15.8. The van der Waals surface area contributed by atoms with E-state index in [9.17, 15) is 9.59 Å². The summed E-state index contributed by atoms with van der Waals surface area (Å²) < 4.78 is 16.1. The summed E-state index contributed by atoms with van der Waals surface area (Å²) >= 11 is 0. The Morgan fingerprint density at radius 2 is 1.43 bits per heavy atom. The van der Waals surface area contributed by atoms with Crippen LogP contribution in [0.2, 0.25) is 0 Å². The molecule has 1 saturated carbocycles. The second kappa shape index (κ2) is 9.23. The van der Waals surface area contributed by atoms with Gasteiger partial charge in [0.2, 0.25) is 0 Å². The number of ether oxygens (including phenoxy) is 3. The molecule has 2 aliphatic carbocycles. The lowest BCUT2D eigenvalue weighted by Crippen LogP contribution is -2.29. The van der Waals surface area contributed by atoms with Crippen LogP contribution in [0.25, 0.3) is 0 Å². The first-order valence-corrected chi connectivity index (χ1v) is 9.46. The number of methoxy groups -OCH3 is 1. The van der Waals surface area contributed by atoms with Crippen LogP contribution in [0.3, 0.4) is 0 Å². The van der Waals surface area contributed by atoms with Gasteiger partial charge in [-0.25, -0.2) is 0 Å². The number of allylic oxidation sites excluding steroid dienone is 4. The van der Waals surface area contributed by atoms with Gasteiger partial charge in [-0.05, 0) is 62.1 Å². The van der Waals surface area contributed by atoms with E-state index in [1.165, 1.54) is 0 Å². The van der Waals surface area contributed by atoms with Crippen molar-refractivity contribution >= 4 is 11.9 Å². The molecule has 0 radical (unpaired) electrons. The molecule has 28 heavy (non-hydrogen) atoms. The number of nitrogens with zero attached hydrogens (tertiary/aromatic N) is 1. The highest BCUT2D eigenvalue weighted by molar-refractivity contribution is 5.77. The van der Waals surface area contributed by atoms with E-state index in [-0.39, 0.29) is 23.8 Å². The van der Waals surface area contributed by atoms with Gasteiger partial charge in [0.1, 0.15) is 11.5 Å². The molecule has 1 fully saturated rings. The summed E-state index contributed by atoms with van der Waals surface area (Å²) in [6.07, 6.45) is 7.39. The summed E-state index contributed by atoms with van der Waals surface area (Å²) in [7, 11) is 1.63. The maximum Gasteiger partial charge on any atom is 0.314 e. The van der Waals surface area contributed by atoms with Crippen LogP contribution in [0.5, 0.6) is 5.75 Å². The second-order valence-corrected chi connectivity index (χ2v) is 7.00. The Balaban J connectivity index is 1.46. The molecule has 0 heterocycles. The van der Waals surface area contributed by atoms with E-state index in [1.54, 1.807) is 37.5 Å². The molecule has 3 rings (SSSR count). The van der Waals surface area contributed by atoms with Gasteiger partial charge in [0.15, 0.2) is 0 Å². The number of rotatable bonds is 5. The summed E-state index contributed by atoms with van der Waals surface area (Å²) in [4.78, 5) is 24.7. The van der Waals surface area contributed by atoms with Crippen molar-refractivity contribution in [3.05, 3.63) is 53.5 Å². The number of hydrogen-bond acceptors (Lipinski definition) is 6. The van der Waals surface area contributed by atoms with Gasteiger partial charge in [-0.2, -0.15) is 5.26 Å². The van der Waals surface area contributed by atoms with Crippen LogP contribution >= 0.6 is 0 Å². The number of esters is 2. The first kappa shape index (κ1) is 19.7. The predicted molar refractivity (Wildman–Crippen MR) is 101 cm³/mol. The summed E-state index contributed by atoms with van der Waals surface area (Å²) in [6.45, 7) is 0. The fourth-order valence-electron chi connectivity index (χ4n) is 3.43. The monoisotopic (exact) mass is 381 g/mol. The molecule has 0 aliphatic heterocycles. The third-order valence-electron chi connectivity index (χ3n) is 5.16. The van der Waals surface area contributed by atoms with Crippen LogP contribution in [0.4, 0.5) is 0 Å². The molecule has 0 amide bonds. The van der Waals surface area contributed by atoms with Gasteiger partial charge < -0.3 is 14.2 Å². The Bertz CT molecular complexity index is 823. The second-order valence-electron chi connectivity index (χ2n) is 7.00. The van der Waals surface area contributed by atoms with Gasteiger partial charge in [0.05, 0.1) is 36.3 Å². The van der Waals surface area contributed by atoms with Crippen molar-refractivity contribution < 1.29 is 23.8 Å². The molecule has 1 aromatic carbocycles. The van der Waals surface area contributed by atoms with Crippen molar-refractivity contribution in [1.29, 1.82) is 5.26 Å². The van der Waals surface area contributed by atoms with Crippen LogP contribution in [0, 0.1) is 23.2 Å². The van der Waals surface area contributed by atoms with Gasteiger partial charge in [0, 0.05) is 12.8 Å². The van der Waals surface area contributed by atoms with E-state index in [2.05, 4.69) is 0 Å². The van der Waals surface area contributed by atoms with Crippen LogP contribution < -0.4 is 4.74 Å². The smallest absolute Gasteiger partial charge is 0.314 e. The minimum atomic E-state index is -0.288. The van der Waals surface area contributed by atoms with Crippen molar-refractivity contribution in [2.75, 3.05) is 7.11 Å². The van der Waals surface area contributed by atoms with Gasteiger partial charge in [-0.1, -0.05) is 0 Å². The molecule has 6 heteroatoms. The van der Waals surface area contributed by atoms with Gasteiger partial charge in [0.25, 0.3) is 0 Å². The Morgan fingerprint density at radius 3 is 1.93 bits per heavy atom. The number of benzene rings is 1. The Labute approximate surface area is 164 Å². The summed E-state index contributed by atoms with van der Waals surface area (Å²) in [5, 5.41) is 8.80. The number of carbonyl (C=O) groups excluding carboxylic acids is 2. The lowest BCUT2D eigenvalue weighted by molar-refractivity contribution is -0.148. The molecule has 6 nitrogen and oxygen atoms in total. The molecule has 0 saturated heterocycles. The number of carbonyl (C=O) groups is 2. The largest absolute Gasteiger partial charge is 0.501 e. The Morgan fingerprint density at radius 1 is 0.893 bits per heavy atom. The first-order chi connectivity index (χ1) is 13.6. The number of nitriles is 1. The summed E-state index contributed by atoms with van der Waals surface area (Å²) in [5.41, 5.74) is 0.515. The number of hydrogen-bond donors (Lipinski definition) is 0. The quantitative estimate of drug-likeness (QED) is 0.566. The molecular formula is C22H23NO5. The molecule has 146 valence electrons. The van der Waals surface area contributed by atoms with Crippen LogP contribution in [0.1, 0.15) is 44.1 Å². The van der Waals surface area contributed by atoms with Crippen LogP contribution in [-0.2, 0) is 19.1 Å². The molecule has 0 bridgehead atoms. The third kappa shape index (κ3) is 5.01. The molecule has 0 atom stereocenters. The van der Waals surface area contributed by atoms with Crippen molar-refractivity contribution in [2.24, 2.45) is 11.8 Å². The molecule has 0 spiro atoms. The van der Waals surface area contributed by atoms with Crippen LogP contribution in [0.15, 0.2) is 47.9 Å². The van der Waals surface area contributed by atoms with Crippen LogP contribution in [-0.4, -0.2) is 19.0 Å². The van der Waals surface area contributed by atoms with Gasteiger partial charge in [-0.3, -0.25) is 9.59 Å². The topological polar surface area (TPSA) is 85.6 Å². The summed E-state index contributed by atoms with van der Waals surface area (Å²) in [6, 6.07) is 8.47. The standard InChI is InChI=1S/C22H23NO5/c1-26-18-10-12-20(13-11-18)28-22(25)17-6-4-16(5-7-17)21(24)27-19-8-2-15(14-23)3-9-19/h2-3,8-10,12,16-17H,4-7,11,13H2,1H3. The van der Waals surface area contributed by atoms with E-state index < -0.39 is 0 Å². The van der Waals surface area contributed by atoms with E-state index >= 15 is 0 Å². The maximum absolute atomic E-state index is 12.4. The normalized spacial score (nSPS) is 21.6. The Hall–Kier alpha value is -3.07. The predicted octanol–water partition coefficient (Wildman–Crippen LogP) is 4.02. The molecule has 1 aromatic rings. The van der Waals surface area contributed by atoms with Crippen molar-refractivity contribution in [3.63, 3.8) is 0 Å². The zero-order chi connectivity index (χ0) is 19.9. The molecule has 0 aromatic heterocycles. The lowest BCUT2D eigenvalue weighted by atomic mass is 9.82. The lowest BCUT2D eigenvalue weighted by Gasteiger charge is -2.26. The van der Waals surface area contributed by atoms with Crippen molar-refractivity contribution in [1.82, 2.24) is 0 Å². The van der Waals surface area contributed by atoms with E-state index in [0.717, 1.165) is 12.2 Å². The molecule has 2 aliphatic rings. The average Bonchev–Trinajstić information content (AvgIpc) is 2.75. The van der Waals surface area contributed by atoms with Gasteiger partial charge in [-0.15, -0.1) is 0 Å². The third-order valence-corrected chi connectivity index (χ3v) is 5.16. The van der Waals surface area contributed by atoms with E-state index in [0.29, 0.717) is 49.2 Å². The zero-order valence-corrected chi connectivity index (χ0v) is 15.8. The van der Waals surface area contributed by atoms with E-state index in [1.807, 2.05) is 12.1 Å². The molecule has 0 N–H and O–H groups in total. The minimum Gasteiger partial charge on any atom is -0.501 e. The average molecular weight is 381 g/mol. The highest BCUT2D eigenvalue weighted by Crippen LogP contribution is 2.32.